The zero-order valence-corrected chi connectivity index (χ0v) is 13.3. The Labute approximate surface area is 132 Å². The van der Waals surface area contributed by atoms with Crippen molar-refractivity contribution in [3.63, 3.8) is 0 Å². The largest absolute Gasteiger partial charge is 0.483 e. The number of hydrogen-bond acceptors (Lipinski definition) is 3. The molecule has 120 valence electrons. The number of aromatic nitrogens is 1. The molecule has 0 atom stereocenters. The summed E-state index contributed by atoms with van der Waals surface area (Å²) in [5, 5.41) is 3.13. The molecule has 22 heavy (non-hydrogen) atoms. The van der Waals surface area contributed by atoms with E-state index in [0.717, 1.165) is 37.1 Å². The zero-order valence-electron chi connectivity index (χ0n) is 13.3. The Morgan fingerprint density at radius 3 is 2.73 bits per heavy atom. The van der Waals surface area contributed by atoms with Crippen molar-refractivity contribution in [1.82, 2.24) is 10.3 Å². The number of nitrogens with one attached hydrogen (secondary N) is 1. The molecule has 1 aromatic heterocycles. The van der Waals surface area contributed by atoms with Crippen LogP contribution in [0, 0.1) is 0 Å². The number of nitrogens with zero attached hydrogens (tertiary/aromatic N) is 1. The van der Waals surface area contributed by atoms with Crippen molar-refractivity contribution in [2.75, 3.05) is 6.61 Å². The summed E-state index contributed by atoms with van der Waals surface area (Å²) >= 11 is 0. The molecule has 1 N–H and O–H groups in total. The Balaban J connectivity index is 1.52. The average Bonchev–Trinajstić information content (AvgIpc) is 2.81. The van der Waals surface area contributed by atoms with Crippen LogP contribution in [0.3, 0.4) is 0 Å². The zero-order chi connectivity index (χ0) is 15.2. The Hall–Kier alpha value is -1.58. The van der Waals surface area contributed by atoms with Gasteiger partial charge in [0.05, 0.1) is 0 Å². The van der Waals surface area contributed by atoms with E-state index < -0.39 is 0 Å². The minimum Gasteiger partial charge on any atom is -0.483 e. The smallest absolute Gasteiger partial charge is 0.258 e. The Kier molecular flexibility index (Phi) is 5.30. The van der Waals surface area contributed by atoms with E-state index in [2.05, 4.69) is 10.3 Å². The van der Waals surface area contributed by atoms with E-state index in [9.17, 15) is 4.79 Å². The second-order valence-corrected chi connectivity index (χ2v) is 6.49. The molecule has 1 heterocycles. The molecule has 3 rings (SSSR count). The van der Waals surface area contributed by atoms with E-state index in [1.165, 1.54) is 44.1 Å². The van der Waals surface area contributed by atoms with Gasteiger partial charge in [-0.2, -0.15) is 0 Å². The van der Waals surface area contributed by atoms with Crippen molar-refractivity contribution in [2.24, 2.45) is 0 Å². The van der Waals surface area contributed by atoms with E-state index in [-0.39, 0.29) is 12.5 Å². The maximum absolute atomic E-state index is 12.1. The molecule has 4 nitrogen and oxygen atoms in total. The SMILES string of the molecule is O=C(COc1ccnc2c1CCCC2)NC1CCCCCC1. The van der Waals surface area contributed by atoms with E-state index in [1.54, 1.807) is 6.20 Å². The summed E-state index contributed by atoms with van der Waals surface area (Å²) < 4.78 is 5.79. The molecule has 2 aliphatic carbocycles. The monoisotopic (exact) mass is 302 g/mol. The van der Waals surface area contributed by atoms with Crippen LogP contribution in [-0.2, 0) is 17.6 Å². The van der Waals surface area contributed by atoms with Gasteiger partial charge in [0.25, 0.3) is 5.91 Å². The molecule has 0 bridgehead atoms. The van der Waals surface area contributed by atoms with Gasteiger partial charge in [0.15, 0.2) is 6.61 Å². The average molecular weight is 302 g/mol. The van der Waals surface area contributed by atoms with Crippen molar-refractivity contribution in [1.29, 1.82) is 0 Å². The van der Waals surface area contributed by atoms with Crippen molar-refractivity contribution in [3.8, 4) is 5.75 Å². The molecule has 2 aliphatic rings. The number of fused-ring (bicyclic) bond motifs is 1. The fourth-order valence-corrected chi connectivity index (χ4v) is 3.56. The van der Waals surface area contributed by atoms with E-state index in [4.69, 9.17) is 4.74 Å². The van der Waals surface area contributed by atoms with Crippen LogP contribution in [0.5, 0.6) is 5.75 Å². The van der Waals surface area contributed by atoms with Gasteiger partial charge in [0, 0.05) is 23.5 Å². The lowest BCUT2D eigenvalue weighted by atomic mass is 9.95. The molecule has 4 heteroatoms. The number of amides is 1. The first kappa shape index (κ1) is 15.3. The van der Waals surface area contributed by atoms with Gasteiger partial charge in [-0.3, -0.25) is 9.78 Å². The van der Waals surface area contributed by atoms with Crippen molar-refractivity contribution in [2.45, 2.75) is 70.3 Å². The van der Waals surface area contributed by atoms with Crippen LogP contribution >= 0.6 is 0 Å². The summed E-state index contributed by atoms with van der Waals surface area (Å²) in [6, 6.07) is 2.23. The predicted octanol–water partition coefficient (Wildman–Crippen LogP) is 3.18. The predicted molar refractivity (Wildman–Crippen MR) is 86.0 cm³/mol. The minimum absolute atomic E-state index is 0.00766. The van der Waals surface area contributed by atoms with Crippen LogP contribution in [0.25, 0.3) is 0 Å². The first-order valence-electron chi connectivity index (χ1n) is 8.72. The Morgan fingerprint density at radius 1 is 1.14 bits per heavy atom. The summed E-state index contributed by atoms with van der Waals surface area (Å²) in [7, 11) is 0. The maximum Gasteiger partial charge on any atom is 0.258 e. The maximum atomic E-state index is 12.1. The number of pyridine rings is 1. The standard InChI is InChI=1S/C18H26N2O2/c21-18(20-14-7-3-1-2-4-8-14)13-22-17-11-12-19-16-10-6-5-9-15(16)17/h11-12,14H,1-10,13H2,(H,20,21). The van der Waals surface area contributed by atoms with Gasteiger partial charge in [-0.25, -0.2) is 0 Å². The second-order valence-electron chi connectivity index (χ2n) is 6.49. The molecular formula is C18H26N2O2. The number of carbonyl (C=O) groups excluding carboxylic acids is 1. The molecule has 0 aromatic carbocycles. The highest BCUT2D eigenvalue weighted by Crippen LogP contribution is 2.27. The number of rotatable bonds is 4. The third-order valence-corrected chi connectivity index (χ3v) is 4.77. The summed E-state index contributed by atoms with van der Waals surface area (Å²) in [5.74, 6) is 0.856. The van der Waals surface area contributed by atoms with Gasteiger partial charge in [0.2, 0.25) is 0 Å². The quantitative estimate of drug-likeness (QED) is 0.869. The highest BCUT2D eigenvalue weighted by Gasteiger charge is 2.17. The van der Waals surface area contributed by atoms with Crippen LogP contribution in [0.2, 0.25) is 0 Å². The van der Waals surface area contributed by atoms with Crippen LogP contribution in [0.1, 0.15) is 62.6 Å². The molecule has 1 aromatic rings. The fourth-order valence-electron chi connectivity index (χ4n) is 3.56. The fraction of sp³-hybridized carbons (Fsp3) is 0.667. The van der Waals surface area contributed by atoms with Gasteiger partial charge in [-0.1, -0.05) is 25.7 Å². The summed E-state index contributed by atoms with van der Waals surface area (Å²) in [4.78, 5) is 16.5. The van der Waals surface area contributed by atoms with Gasteiger partial charge in [-0.05, 0) is 44.6 Å². The summed E-state index contributed by atoms with van der Waals surface area (Å²) in [6.07, 6.45) is 13.5. The lowest BCUT2D eigenvalue weighted by Crippen LogP contribution is -2.37. The number of aryl methyl sites for hydroxylation is 1. The molecule has 0 spiro atoms. The van der Waals surface area contributed by atoms with Crippen LogP contribution < -0.4 is 10.1 Å². The van der Waals surface area contributed by atoms with Crippen LogP contribution in [0.15, 0.2) is 12.3 Å². The molecule has 1 saturated carbocycles. The molecule has 1 fully saturated rings. The second kappa shape index (κ2) is 7.61. The van der Waals surface area contributed by atoms with E-state index >= 15 is 0 Å². The lowest BCUT2D eigenvalue weighted by Gasteiger charge is -2.19. The third kappa shape index (κ3) is 3.99. The van der Waals surface area contributed by atoms with Gasteiger partial charge in [-0.15, -0.1) is 0 Å². The molecular weight excluding hydrogens is 276 g/mol. The lowest BCUT2D eigenvalue weighted by molar-refractivity contribution is -0.123. The first-order valence-corrected chi connectivity index (χ1v) is 8.72. The van der Waals surface area contributed by atoms with Crippen molar-refractivity contribution < 1.29 is 9.53 Å². The van der Waals surface area contributed by atoms with Crippen molar-refractivity contribution >= 4 is 5.91 Å². The topological polar surface area (TPSA) is 51.2 Å². The Bertz CT molecular complexity index is 508. The van der Waals surface area contributed by atoms with Gasteiger partial charge in [0.1, 0.15) is 5.75 Å². The molecule has 0 radical (unpaired) electrons. The minimum atomic E-state index is 0.00766. The molecule has 0 unspecified atom stereocenters. The number of carbonyl (C=O) groups is 1. The van der Waals surface area contributed by atoms with Crippen LogP contribution in [0.4, 0.5) is 0 Å². The normalized spacial score (nSPS) is 19.1. The first-order chi connectivity index (χ1) is 10.8. The van der Waals surface area contributed by atoms with E-state index in [1.807, 2.05) is 6.07 Å². The Morgan fingerprint density at radius 2 is 1.91 bits per heavy atom. The molecule has 0 aliphatic heterocycles. The molecule has 1 amide bonds. The number of hydrogen-bond donors (Lipinski definition) is 1. The number of ether oxygens (including phenoxy) is 1. The van der Waals surface area contributed by atoms with Crippen LogP contribution in [-0.4, -0.2) is 23.5 Å². The summed E-state index contributed by atoms with van der Waals surface area (Å²) in [5.41, 5.74) is 2.35. The highest BCUT2D eigenvalue weighted by atomic mass is 16.5. The molecule has 0 saturated heterocycles. The third-order valence-electron chi connectivity index (χ3n) is 4.77. The van der Waals surface area contributed by atoms with Gasteiger partial charge < -0.3 is 10.1 Å². The van der Waals surface area contributed by atoms with E-state index in [0.29, 0.717) is 6.04 Å². The van der Waals surface area contributed by atoms with Crippen molar-refractivity contribution in [3.05, 3.63) is 23.5 Å². The highest BCUT2D eigenvalue weighted by molar-refractivity contribution is 5.77. The van der Waals surface area contributed by atoms with Gasteiger partial charge >= 0.3 is 0 Å². The summed E-state index contributed by atoms with van der Waals surface area (Å²) in [6.45, 7) is 0.118.